The van der Waals surface area contributed by atoms with Gasteiger partial charge in [-0.05, 0) is 93.6 Å². The van der Waals surface area contributed by atoms with Crippen molar-refractivity contribution in [2.24, 2.45) is 11.8 Å². The van der Waals surface area contributed by atoms with E-state index in [-0.39, 0.29) is 6.04 Å². The summed E-state index contributed by atoms with van der Waals surface area (Å²) in [5.74, 6) is 2.34. The average molecular weight is 503 g/mol. The van der Waals surface area contributed by atoms with Gasteiger partial charge in [0.05, 0.1) is 7.11 Å². The number of hydrogen-bond donors (Lipinski definition) is 1. The summed E-state index contributed by atoms with van der Waals surface area (Å²) < 4.78 is 34.6. The lowest BCUT2D eigenvalue weighted by molar-refractivity contribution is 0.245. The zero-order chi connectivity index (χ0) is 21.7. The van der Waals surface area contributed by atoms with Crippen LogP contribution in [-0.2, 0) is 16.6 Å². The maximum Gasteiger partial charge on any atom is 0.279 e. The van der Waals surface area contributed by atoms with E-state index in [0.717, 1.165) is 50.3 Å². The zero-order valence-corrected chi connectivity index (χ0v) is 20.8. The first-order valence-electron chi connectivity index (χ1n) is 11.0. The van der Waals surface area contributed by atoms with Gasteiger partial charge in [0, 0.05) is 31.2 Å². The lowest BCUT2D eigenvalue weighted by atomic mass is 9.84. The summed E-state index contributed by atoms with van der Waals surface area (Å²) in [6.45, 7) is 3.51. The quantitative estimate of drug-likeness (QED) is 0.560. The molecule has 0 radical (unpaired) electrons. The van der Waals surface area contributed by atoms with Gasteiger partial charge in [0.15, 0.2) is 0 Å². The molecule has 1 unspecified atom stereocenters. The van der Waals surface area contributed by atoms with Crippen LogP contribution < -0.4 is 9.46 Å². The van der Waals surface area contributed by atoms with Crippen LogP contribution in [0.3, 0.4) is 0 Å². The van der Waals surface area contributed by atoms with E-state index in [1.165, 1.54) is 40.3 Å². The van der Waals surface area contributed by atoms with Gasteiger partial charge >= 0.3 is 0 Å². The van der Waals surface area contributed by atoms with E-state index < -0.39 is 10.2 Å². The van der Waals surface area contributed by atoms with Crippen molar-refractivity contribution in [3.05, 3.63) is 28.2 Å². The molecule has 170 valence electrons. The normalized spacial score (nSPS) is 25.7. The van der Waals surface area contributed by atoms with Crippen molar-refractivity contribution in [3.8, 4) is 5.75 Å². The highest BCUT2D eigenvalue weighted by molar-refractivity contribution is 9.10. The topological polar surface area (TPSA) is 61.9 Å². The highest BCUT2D eigenvalue weighted by atomic mass is 79.9. The number of methoxy groups -OCH3 is 1. The molecule has 1 atom stereocenters. The zero-order valence-electron chi connectivity index (χ0n) is 18.4. The Kier molecular flexibility index (Phi) is 8.61. The van der Waals surface area contributed by atoms with Crippen LogP contribution in [0.25, 0.3) is 0 Å². The van der Waals surface area contributed by atoms with Crippen LogP contribution in [0.4, 0.5) is 0 Å². The first-order chi connectivity index (χ1) is 14.3. The number of benzene rings is 1. The smallest absolute Gasteiger partial charge is 0.279 e. The molecular formula is C22H36BrN3O3S. The van der Waals surface area contributed by atoms with E-state index in [0.29, 0.717) is 5.92 Å². The van der Waals surface area contributed by atoms with Gasteiger partial charge in [-0.15, -0.1) is 0 Å². The molecule has 1 saturated heterocycles. The standard InChI is InChI=1S/C22H36BrN3O3S/c1-25(2)30(27,28)24-20-6-4-17(5-7-20)10-12-26-13-11-18(16-26)14-19-15-21(29-3)8-9-22(19)23/h8-9,15,17-18,20,24H,4-7,10-14,16H2,1-3H3. The molecule has 2 fully saturated rings. The van der Waals surface area contributed by atoms with Crippen molar-refractivity contribution in [2.75, 3.05) is 40.8 Å². The molecule has 0 bridgehead atoms. The predicted octanol–water partition coefficient (Wildman–Crippen LogP) is 3.67. The Balaban J connectivity index is 1.38. The van der Waals surface area contributed by atoms with Crippen molar-refractivity contribution in [3.63, 3.8) is 0 Å². The lowest BCUT2D eigenvalue weighted by Crippen LogP contribution is -2.43. The van der Waals surface area contributed by atoms with Gasteiger partial charge in [-0.25, -0.2) is 0 Å². The van der Waals surface area contributed by atoms with Gasteiger partial charge in [-0.3, -0.25) is 0 Å². The number of rotatable bonds is 9. The fourth-order valence-corrected chi connectivity index (χ4v) is 5.95. The van der Waals surface area contributed by atoms with E-state index in [1.807, 2.05) is 6.07 Å². The highest BCUT2D eigenvalue weighted by Crippen LogP contribution is 2.30. The number of nitrogens with one attached hydrogen (secondary N) is 1. The van der Waals surface area contributed by atoms with E-state index >= 15 is 0 Å². The van der Waals surface area contributed by atoms with E-state index in [2.05, 4.69) is 37.7 Å². The van der Waals surface area contributed by atoms with Crippen LogP contribution in [0.1, 0.15) is 44.1 Å². The molecule has 30 heavy (non-hydrogen) atoms. The molecule has 8 heteroatoms. The van der Waals surface area contributed by atoms with Crippen LogP contribution in [0.2, 0.25) is 0 Å². The highest BCUT2D eigenvalue weighted by Gasteiger charge is 2.27. The van der Waals surface area contributed by atoms with Crippen LogP contribution in [-0.4, -0.2) is 64.5 Å². The molecule has 1 aromatic carbocycles. The van der Waals surface area contributed by atoms with Crippen molar-refractivity contribution < 1.29 is 13.2 Å². The van der Waals surface area contributed by atoms with Crippen LogP contribution >= 0.6 is 15.9 Å². The molecule has 1 aliphatic carbocycles. The average Bonchev–Trinajstić information content (AvgIpc) is 3.16. The van der Waals surface area contributed by atoms with Gasteiger partial charge in [-0.2, -0.15) is 17.4 Å². The third-order valence-electron chi connectivity index (χ3n) is 6.63. The van der Waals surface area contributed by atoms with Gasteiger partial charge in [0.2, 0.25) is 0 Å². The Morgan fingerprint density at radius 3 is 2.57 bits per heavy atom. The van der Waals surface area contributed by atoms with Crippen molar-refractivity contribution in [2.45, 2.75) is 51.0 Å². The molecule has 0 spiro atoms. The Labute approximate surface area is 190 Å². The predicted molar refractivity (Wildman–Crippen MR) is 125 cm³/mol. The van der Waals surface area contributed by atoms with Crippen LogP contribution in [0.5, 0.6) is 5.75 Å². The summed E-state index contributed by atoms with van der Waals surface area (Å²) in [6.07, 6.45) is 7.70. The third-order valence-corrected chi connectivity index (χ3v) is 8.99. The van der Waals surface area contributed by atoms with E-state index in [1.54, 1.807) is 21.2 Å². The number of hydrogen-bond acceptors (Lipinski definition) is 4. The Morgan fingerprint density at radius 2 is 1.90 bits per heavy atom. The van der Waals surface area contributed by atoms with E-state index in [4.69, 9.17) is 4.74 Å². The fraction of sp³-hybridized carbons (Fsp3) is 0.727. The minimum atomic E-state index is -3.32. The third kappa shape index (κ3) is 6.66. The molecule has 2 aliphatic rings. The summed E-state index contributed by atoms with van der Waals surface area (Å²) in [7, 11) is 1.55. The second-order valence-corrected chi connectivity index (χ2v) is 11.8. The van der Waals surface area contributed by atoms with Gasteiger partial charge in [-0.1, -0.05) is 15.9 Å². The summed E-state index contributed by atoms with van der Waals surface area (Å²) >= 11 is 3.68. The monoisotopic (exact) mass is 501 g/mol. The summed E-state index contributed by atoms with van der Waals surface area (Å²) in [5, 5.41) is 0. The second kappa shape index (κ2) is 10.8. The molecule has 1 aromatic rings. The second-order valence-electron chi connectivity index (χ2n) is 9.03. The van der Waals surface area contributed by atoms with Gasteiger partial charge < -0.3 is 9.64 Å². The SMILES string of the molecule is COc1ccc(Br)c(CC2CCN(CCC3CCC(NS(=O)(=O)N(C)C)CC3)C2)c1. The molecule has 3 rings (SSSR count). The molecule has 0 amide bonds. The van der Waals surface area contributed by atoms with Gasteiger partial charge in [0.1, 0.15) is 5.75 Å². The molecule has 1 N–H and O–H groups in total. The Bertz CT molecular complexity index is 795. The number of halogens is 1. The van der Waals surface area contributed by atoms with Crippen molar-refractivity contribution >= 4 is 26.1 Å². The van der Waals surface area contributed by atoms with Gasteiger partial charge in [0.25, 0.3) is 10.2 Å². The maximum absolute atomic E-state index is 12.0. The van der Waals surface area contributed by atoms with Crippen LogP contribution in [0.15, 0.2) is 22.7 Å². The molecule has 1 aliphatic heterocycles. The number of likely N-dealkylation sites (tertiary alicyclic amines) is 1. The molecular weight excluding hydrogens is 466 g/mol. The first-order valence-corrected chi connectivity index (χ1v) is 13.2. The Morgan fingerprint density at radius 1 is 1.17 bits per heavy atom. The number of nitrogens with zero attached hydrogens (tertiary/aromatic N) is 2. The van der Waals surface area contributed by atoms with E-state index in [9.17, 15) is 8.42 Å². The fourth-order valence-electron chi connectivity index (χ4n) is 4.68. The minimum Gasteiger partial charge on any atom is -0.497 e. The molecule has 6 nitrogen and oxygen atoms in total. The largest absolute Gasteiger partial charge is 0.497 e. The summed E-state index contributed by atoms with van der Waals surface area (Å²) in [5.41, 5.74) is 1.33. The summed E-state index contributed by atoms with van der Waals surface area (Å²) in [6, 6.07) is 6.31. The molecule has 1 saturated carbocycles. The molecule has 0 aromatic heterocycles. The Hall–Kier alpha value is -0.670. The minimum absolute atomic E-state index is 0.0890. The van der Waals surface area contributed by atoms with Crippen molar-refractivity contribution in [1.29, 1.82) is 0 Å². The molecule has 1 heterocycles. The maximum atomic E-state index is 12.0. The summed E-state index contributed by atoms with van der Waals surface area (Å²) in [4.78, 5) is 2.61. The first kappa shape index (κ1) is 24.0. The van der Waals surface area contributed by atoms with Crippen molar-refractivity contribution in [1.82, 2.24) is 13.9 Å². The lowest BCUT2D eigenvalue weighted by Gasteiger charge is -2.30. The van der Waals surface area contributed by atoms with Crippen LogP contribution in [0, 0.1) is 11.8 Å². The number of ether oxygens (including phenoxy) is 1.